The normalized spacial score (nSPS) is 14.7. The standard InChI is InChI=1S/C10H23N3O3/c11-5-2-1-3-9(10(15)16)13-7-8(14)4-6-12/h8-9,13-14H,1-7,11-12H2,(H,15,16). The average Bonchev–Trinajstić information content (AvgIpc) is 2.23. The van der Waals surface area contributed by atoms with Crippen LogP contribution in [0.15, 0.2) is 0 Å². The highest BCUT2D eigenvalue weighted by molar-refractivity contribution is 5.73. The number of hydrogen-bond acceptors (Lipinski definition) is 5. The molecule has 6 nitrogen and oxygen atoms in total. The number of aliphatic hydroxyl groups is 1. The lowest BCUT2D eigenvalue weighted by molar-refractivity contribution is -0.139. The van der Waals surface area contributed by atoms with Gasteiger partial charge in [-0.3, -0.25) is 4.79 Å². The number of unbranched alkanes of at least 4 members (excludes halogenated alkanes) is 1. The Labute approximate surface area is 96.0 Å². The van der Waals surface area contributed by atoms with Crippen molar-refractivity contribution in [2.24, 2.45) is 11.5 Å². The molecule has 96 valence electrons. The number of carboxylic acid groups (broad SMARTS) is 1. The summed E-state index contributed by atoms with van der Waals surface area (Å²) in [6.07, 6.45) is 2.01. The van der Waals surface area contributed by atoms with Gasteiger partial charge in [-0.25, -0.2) is 0 Å². The first-order valence-corrected chi connectivity index (χ1v) is 5.66. The Morgan fingerprint density at radius 3 is 2.38 bits per heavy atom. The monoisotopic (exact) mass is 233 g/mol. The quantitative estimate of drug-likeness (QED) is 0.304. The zero-order valence-corrected chi connectivity index (χ0v) is 9.56. The van der Waals surface area contributed by atoms with Gasteiger partial charge in [-0.1, -0.05) is 6.42 Å². The molecule has 0 saturated carbocycles. The molecule has 7 N–H and O–H groups in total. The van der Waals surface area contributed by atoms with Crippen molar-refractivity contribution in [2.75, 3.05) is 19.6 Å². The van der Waals surface area contributed by atoms with Gasteiger partial charge in [0, 0.05) is 6.54 Å². The van der Waals surface area contributed by atoms with Crippen molar-refractivity contribution in [1.29, 1.82) is 0 Å². The predicted molar refractivity (Wildman–Crippen MR) is 62.0 cm³/mol. The second-order valence-electron chi connectivity index (χ2n) is 3.81. The maximum Gasteiger partial charge on any atom is 0.320 e. The molecule has 0 aromatic carbocycles. The van der Waals surface area contributed by atoms with Crippen LogP contribution in [0.2, 0.25) is 0 Å². The molecule has 0 aromatic heterocycles. The molecule has 0 saturated heterocycles. The van der Waals surface area contributed by atoms with Gasteiger partial charge >= 0.3 is 5.97 Å². The summed E-state index contributed by atoms with van der Waals surface area (Å²) in [6.45, 7) is 1.23. The minimum Gasteiger partial charge on any atom is -0.480 e. The molecule has 2 atom stereocenters. The van der Waals surface area contributed by atoms with Crippen molar-refractivity contribution in [3.63, 3.8) is 0 Å². The van der Waals surface area contributed by atoms with E-state index in [2.05, 4.69) is 5.32 Å². The molecule has 0 aliphatic heterocycles. The van der Waals surface area contributed by atoms with Gasteiger partial charge < -0.3 is 27.0 Å². The summed E-state index contributed by atoms with van der Waals surface area (Å²) < 4.78 is 0. The lowest BCUT2D eigenvalue weighted by Crippen LogP contribution is -2.41. The first kappa shape index (κ1) is 15.3. The van der Waals surface area contributed by atoms with Crippen molar-refractivity contribution in [2.45, 2.75) is 37.8 Å². The molecule has 0 amide bonds. The van der Waals surface area contributed by atoms with Gasteiger partial charge in [0.2, 0.25) is 0 Å². The van der Waals surface area contributed by atoms with Crippen LogP contribution in [0.5, 0.6) is 0 Å². The van der Waals surface area contributed by atoms with Gasteiger partial charge in [-0.15, -0.1) is 0 Å². The van der Waals surface area contributed by atoms with Gasteiger partial charge in [-0.2, -0.15) is 0 Å². The number of carboxylic acids is 1. The minimum absolute atomic E-state index is 0.261. The molecule has 0 rings (SSSR count). The number of carbonyl (C=O) groups is 1. The van der Waals surface area contributed by atoms with E-state index in [1.807, 2.05) is 0 Å². The van der Waals surface area contributed by atoms with Gasteiger partial charge in [0.05, 0.1) is 6.10 Å². The molecule has 0 aliphatic rings. The van der Waals surface area contributed by atoms with Crippen molar-refractivity contribution < 1.29 is 15.0 Å². The van der Waals surface area contributed by atoms with Crippen molar-refractivity contribution in [3.8, 4) is 0 Å². The number of hydrogen-bond donors (Lipinski definition) is 5. The van der Waals surface area contributed by atoms with Crippen LogP contribution in [0.25, 0.3) is 0 Å². The van der Waals surface area contributed by atoms with Crippen LogP contribution in [-0.2, 0) is 4.79 Å². The van der Waals surface area contributed by atoms with E-state index in [0.717, 1.165) is 12.8 Å². The summed E-state index contributed by atoms with van der Waals surface area (Å²) in [5, 5.41) is 21.1. The summed E-state index contributed by atoms with van der Waals surface area (Å²) in [4.78, 5) is 10.9. The molecule has 2 unspecified atom stereocenters. The van der Waals surface area contributed by atoms with Gasteiger partial charge in [0.1, 0.15) is 6.04 Å². The Kier molecular flexibility index (Phi) is 9.12. The lowest BCUT2D eigenvalue weighted by Gasteiger charge is -2.16. The highest BCUT2D eigenvalue weighted by atomic mass is 16.4. The van der Waals surface area contributed by atoms with Crippen molar-refractivity contribution >= 4 is 5.97 Å². The van der Waals surface area contributed by atoms with E-state index >= 15 is 0 Å². The number of aliphatic hydroxyl groups excluding tert-OH is 1. The maximum atomic E-state index is 10.9. The minimum atomic E-state index is -0.892. The maximum absolute atomic E-state index is 10.9. The van der Waals surface area contributed by atoms with E-state index in [1.54, 1.807) is 0 Å². The highest BCUT2D eigenvalue weighted by Crippen LogP contribution is 2.01. The fourth-order valence-electron chi connectivity index (χ4n) is 1.38. The molecule has 0 heterocycles. The number of nitrogens with two attached hydrogens (primary N) is 2. The average molecular weight is 233 g/mol. The molecule has 0 spiro atoms. The molecule has 6 heteroatoms. The van der Waals surface area contributed by atoms with E-state index in [4.69, 9.17) is 16.6 Å². The smallest absolute Gasteiger partial charge is 0.320 e. The van der Waals surface area contributed by atoms with E-state index < -0.39 is 18.1 Å². The van der Waals surface area contributed by atoms with Crippen LogP contribution in [0.4, 0.5) is 0 Å². The van der Waals surface area contributed by atoms with Crippen molar-refractivity contribution in [3.05, 3.63) is 0 Å². The number of nitrogens with one attached hydrogen (secondary N) is 1. The Bertz CT molecular complexity index is 190. The lowest BCUT2D eigenvalue weighted by atomic mass is 10.1. The third-order valence-electron chi connectivity index (χ3n) is 2.34. The zero-order chi connectivity index (χ0) is 12.4. The van der Waals surface area contributed by atoms with Crippen LogP contribution >= 0.6 is 0 Å². The van der Waals surface area contributed by atoms with Crippen LogP contribution in [0.1, 0.15) is 25.7 Å². The number of rotatable bonds is 10. The van der Waals surface area contributed by atoms with E-state index in [-0.39, 0.29) is 6.54 Å². The van der Waals surface area contributed by atoms with Crippen LogP contribution < -0.4 is 16.8 Å². The van der Waals surface area contributed by atoms with Crippen LogP contribution in [0, 0.1) is 0 Å². The first-order valence-electron chi connectivity index (χ1n) is 5.66. The SMILES string of the molecule is NCCCCC(NCC(O)CCN)C(=O)O. The molecule has 16 heavy (non-hydrogen) atoms. The zero-order valence-electron chi connectivity index (χ0n) is 9.56. The highest BCUT2D eigenvalue weighted by Gasteiger charge is 2.17. The van der Waals surface area contributed by atoms with E-state index in [9.17, 15) is 9.90 Å². The van der Waals surface area contributed by atoms with Crippen LogP contribution in [0.3, 0.4) is 0 Å². The summed E-state index contributed by atoms with van der Waals surface area (Å²) in [5.74, 6) is -0.892. The third kappa shape index (κ3) is 7.58. The number of aliphatic carboxylic acids is 1. The Morgan fingerprint density at radius 1 is 1.19 bits per heavy atom. The summed E-state index contributed by atoms with van der Waals surface area (Å²) in [7, 11) is 0. The Hall–Kier alpha value is -0.690. The topological polar surface area (TPSA) is 122 Å². The molecule has 0 aliphatic carbocycles. The molecule has 0 radical (unpaired) electrons. The fraction of sp³-hybridized carbons (Fsp3) is 0.900. The van der Waals surface area contributed by atoms with Crippen molar-refractivity contribution in [1.82, 2.24) is 5.32 Å². The largest absolute Gasteiger partial charge is 0.480 e. The molecular formula is C10H23N3O3. The predicted octanol–water partition coefficient (Wildman–Crippen LogP) is -1.13. The first-order chi connectivity index (χ1) is 7.61. The summed E-state index contributed by atoms with van der Waals surface area (Å²) in [5.41, 5.74) is 10.6. The van der Waals surface area contributed by atoms with E-state index in [0.29, 0.717) is 25.9 Å². The van der Waals surface area contributed by atoms with Crippen LogP contribution in [-0.4, -0.2) is 48.0 Å². The van der Waals surface area contributed by atoms with Gasteiger partial charge in [0.25, 0.3) is 0 Å². The van der Waals surface area contributed by atoms with E-state index in [1.165, 1.54) is 0 Å². The summed E-state index contributed by atoms with van der Waals surface area (Å²) in [6, 6.07) is -0.612. The second kappa shape index (κ2) is 9.53. The summed E-state index contributed by atoms with van der Waals surface area (Å²) >= 11 is 0. The Morgan fingerprint density at radius 2 is 1.88 bits per heavy atom. The molecule has 0 bridgehead atoms. The molecule has 0 aromatic rings. The molecule has 0 fully saturated rings. The Balaban J connectivity index is 3.80. The third-order valence-corrected chi connectivity index (χ3v) is 2.34. The second-order valence-corrected chi connectivity index (χ2v) is 3.81. The molecular weight excluding hydrogens is 210 g/mol. The fourth-order valence-corrected chi connectivity index (χ4v) is 1.38. The van der Waals surface area contributed by atoms with Gasteiger partial charge in [-0.05, 0) is 32.4 Å². The van der Waals surface area contributed by atoms with Gasteiger partial charge in [0.15, 0.2) is 0 Å².